The van der Waals surface area contributed by atoms with Crippen molar-refractivity contribution in [3.63, 3.8) is 0 Å². The van der Waals surface area contributed by atoms with Crippen molar-refractivity contribution in [2.45, 2.75) is 32.9 Å². The molecule has 16 heavy (non-hydrogen) atoms. The first-order valence-corrected chi connectivity index (χ1v) is 5.59. The molecule has 1 rings (SSSR count). The Morgan fingerprint density at radius 1 is 1.62 bits per heavy atom. The van der Waals surface area contributed by atoms with Gasteiger partial charge in [0.2, 0.25) is 5.91 Å². The van der Waals surface area contributed by atoms with Crippen LogP contribution in [0.25, 0.3) is 0 Å². The highest BCUT2D eigenvalue weighted by Gasteiger charge is 2.05. The normalized spacial score (nSPS) is 12.4. The zero-order chi connectivity index (χ0) is 12.0. The van der Waals surface area contributed by atoms with Gasteiger partial charge >= 0.3 is 0 Å². The molecule has 1 amide bonds. The van der Waals surface area contributed by atoms with Gasteiger partial charge in [-0.1, -0.05) is 6.92 Å². The van der Waals surface area contributed by atoms with Crippen molar-refractivity contribution in [2.75, 3.05) is 6.54 Å². The van der Waals surface area contributed by atoms with Crippen molar-refractivity contribution < 1.29 is 4.79 Å². The van der Waals surface area contributed by atoms with E-state index in [9.17, 15) is 4.79 Å². The van der Waals surface area contributed by atoms with Crippen molar-refractivity contribution in [1.29, 1.82) is 0 Å². The summed E-state index contributed by atoms with van der Waals surface area (Å²) in [6.07, 6.45) is 4.60. The van der Waals surface area contributed by atoms with Crippen LogP contribution in [0, 0.1) is 0 Å². The summed E-state index contributed by atoms with van der Waals surface area (Å²) in [6, 6.07) is 0.374. The third-order valence-electron chi connectivity index (χ3n) is 2.59. The minimum atomic E-state index is 0.00306. The molecule has 90 valence electrons. The minimum Gasteiger partial charge on any atom is -0.348 e. The van der Waals surface area contributed by atoms with Gasteiger partial charge in [-0.2, -0.15) is 0 Å². The van der Waals surface area contributed by atoms with Gasteiger partial charge in [-0.3, -0.25) is 4.79 Å². The molecule has 1 atom stereocenters. The molecule has 0 aliphatic heterocycles. The van der Waals surface area contributed by atoms with Crippen LogP contribution >= 0.6 is 0 Å². The van der Waals surface area contributed by atoms with Crippen molar-refractivity contribution in [3.05, 3.63) is 18.2 Å². The van der Waals surface area contributed by atoms with E-state index in [1.807, 2.05) is 17.8 Å². The highest BCUT2D eigenvalue weighted by molar-refractivity contribution is 5.77. The largest absolute Gasteiger partial charge is 0.348 e. The number of hydrogen-bond acceptors (Lipinski definition) is 3. The zero-order valence-electron chi connectivity index (χ0n) is 10.2. The fourth-order valence-corrected chi connectivity index (χ4v) is 1.22. The zero-order valence-corrected chi connectivity index (χ0v) is 10.2. The number of amides is 1. The molecule has 5 nitrogen and oxygen atoms in total. The van der Waals surface area contributed by atoms with Gasteiger partial charge in [0.15, 0.2) is 0 Å². The first-order chi connectivity index (χ1) is 7.63. The third kappa shape index (κ3) is 4.02. The van der Waals surface area contributed by atoms with Crippen LogP contribution in [0.3, 0.4) is 0 Å². The maximum Gasteiger partial charge on any atom is 0.234 e. The average molecular weight is 224 g/mol. The molecule has 2 N–H and O–H groups in total. The first-order valence-electron chi connectivity index (χ1n) is 5.59. The highest BCUT2D eigenvalue weighted by Crippen LogP contribution is 1.92. The van der Waals surface area contributed by atoms with Gasteiger partial charge in [0.1, 0.15) is 5.82 Å². The number of carbonyl (C=O) groups is 1. The number of hydrogen-bond donors (Lipinski definition) is 2. The molecule has 1 unspecified atom stereocenters. The van der Waals surface area contributed by atoms with Crippen LogP contribution in [0.2, 0.25) is 0 Å². The summed E-state index contributed by atoms with van der Waals surface area (Å²) in [5, 5.41) is 5.96. The Morgan fingerprint density at radius 3 is 2.94 bits per heavy atom. The lowest BCUT2D eigenvalue weighted by atomic mass is 10.2. The van der Waals surface area contributed by atoms with E-state index in [1.165, 1.54) is 0 Å². The lowest BCUT2D eigenvalue weighted by Crippen LogP contribution is -2.37. The monoisotopic (exact) mass is 224 g/mol. The van der Waals surface area contributed by atoms with E-state index >= 15 is 0 Å². The number of imidazole rings is 1. The maximum absolute atomic E-state index is 11.5. The van der Waals surface area contributed by atoms with Crippen LogP contribution < -0.4 is 10.6 Å². The van der Waals surface area contributed by atoms with E-state index in [4.69, 9.17) is 0 Å². The average Bonchev–Trinajstić information content (AvgIpc) is 2.69. The first kappa shape index (κ1) is 12.7. The topological polar surface area (TPSA) is 59.0 Å². The Labute approximate surface area is 96.3 Å². The van der Waals surface area contributed by atoms with Crippen LogP contribution in [-0.2, 0) is 18.4 Å². The minimum absolute atomic E-state index is 0.00306. The second-order valence-corrected chi connectivity index (χ2v) is 3.92. The summed E-state index contributed by atoms with van der Waals surface area (Å²) in [6.45, 7) is 4.99. The Bertz CT molecular complexity index is 334. The fourth-order valence-electron chi connectivity index (χ4n) is 1.22. The van der Waals surface area contributed by atoms with Gasteiger partial charge in [0, 0.05) is 25.5 Å². The van der Waals surface area contributed by atoms with Crippen LogP contribution in [-0.4, -0.2) is 28.0 Å². The van der Waals surface area contributed by atoms with Gasteiger partial charge in [-0.15, -0.1) is 0 Å². The third-order valence-corrected chi connectivity index (χ3v) is 2.59. The molecule has 0 aromatic carbocycles. The summed E-state index contributed by atoms with van der Waals surface area (Å²) in [5.41, 5.74) is 0. The fraction of sp³-hybridized carbons (Fsp3) is 0.636. The summed E-state index contributed by atoms with van der Waals surface area (Å²) in [5.74, 6) is 0.861. The number of carbonyl (C=O) groups excluding carboxylic acids is 1. The van der Waals surface area contributed by atoms with E-state index < -0.39 is 0 Å². The van der Waals surface area contributed by atoms with Crippen LogP contribution in [0.4, 0.5) is 0 Å². The Hall–Kier alpha value is -1.36. The summed E-state index contributed by atoms with van der Waals surface area (Å²) < 4.78 is 1.89. The number of nitrogens with zero attached hydrogens (tertiary/aromatic N) is 2. The molecule has 1 heterocycles. The van der Waals surface area contributed by atoms with E-state index in [2.05, 4.69) is 29.5 Å². The van der Waals surface area contributed by atoms with E-state index in [-0.39, 0.29) is 5.91 Å². The standard InChI is InChI=1S/C11H20N4O/c1-4-9(2)13-8-11(16)14-7-10-12-5-6-15(10)3/h5-6,9,13H,4,7-8H2,1-3H3,(H,14,16). The summed E-state index contributed by atoms with van der Waals surface area (Å²) in [4.78, 5) is 15.6. The van der Waals surface area contributed by atoms with Crippen LogP contribution in [0.1, 0.15) is 26.1 Å². The SMILES string of the molecule is CCC(C)NCC(=O)NCc1nccn1C. The molecule has 1 aromatic rings. The van der Waals surface area contributed by atoms with Crippen molar-refractivity contribution >= 4 is 5.91 Å². The number of aryl methyl sites for hydroxylation is 1. The molecule has 0 saturated heterocycles. The van der Waals surface area contributed by atoms with Crippen molar-refractivity contribution in [3.8, 4) is 0 Å². The number of nitrogens with one attached hydrogen (secondary N) is 2. The van der Waals surface area contributed by atoms with E-state index in [1.54, 1.807) is 6.20 Å². The second-order valence-electron chi connectivity index (χ2n) is 3.92. The molecule has 5 heteroatoms. The second kappa shape index (κ2) is 6.27. The lowest BCUT2D eigenvalue weighted by Gasteiger charge is -2.11. The molecule has 0 aliphatic rings. The molecular weight excluding hydrogens is 204 g/mol. The predicted molar refractivity (Wildman–Crippen MR) is 62.8 cm³/mol. The molecule has 0 radical (unpaired) electrons. The molecule has 0 fully saturated rings. The van der Waals surface area contributed by atoms with Gasteiger partial charge in [-0.25, -0.2) is 4.98 Å². The summed E-state index contributed by atoms with van der Waals surface area (Å²) >= 11 is 0. The Balaban J connectivity index is 2.23. The van der Waals surface area contributed by atoms with Gasteiger partial charge in [0.25, 0.3) is 0 Å². The molecule has 1 aromatic heterocycles. The Morgan fingerprint density at radius 2 is 2.38 bits per heavy atom. The number of rotatable bonds is 6. The van der Waals surface area contributed by atoms with E-state index in [0.29, 0.717) is 19.1 Å². The van der Waals surface area contributed by atoms with Crippen LogP contribution in [0.15, 0.2) is 12.4 Å². The number of aromatic nitrogens is 2. The lowest BCUT2D eigenvalue weighted by molar-refractivity contribution is -0.120. The van der Waals surface area contributed by atoms with Crippen molar-refractivity contribution in [2.24, 2.45) is 7.05 Å². The quantitative estimate of drug-likeness (QED) is 0.736. The molecule has 0 aliphatic carbocycles. The summed E-state index contributed by atoms with van der Waals surface area (Å²) in [7, 11) is 1.91. The van der Waals surface area contributed by atoms with Gasteiger partial charge in [0.05, 0.1) is 13.1 Å². The van der Waals surface area contributed by atoms with Crippen LogP contribution in [0.5, 0.6) is 0 Å². The van der Waals surface area contributed by atoms with Gasteiger partial charge < -0.3 is 15.2 Å². The highest BCUT2D eigenvalue weighted by atomic mass is 16.1. The van der Waals surface area contributed by atoms with Crippen molar-refractivity contribution in [1.82, 2.24) is 20.2 Å². The molecule has 0 spiro atoms. The maximum atomic E-state index is 11.5. The molecular formula is C11H20N4O. The smallest absolute Gasteiger partial charge is 0.234 e. The predicted octanol–water partition coefficient (Wildman–Crippen LogP) is 0.424. The van der Waals surface area contributed by atoms with Gasteiger partial charge in [-0.05, 0) is 13.3 Å². The van der Waals surface area contributed by atoms with E-state index in [0.717, 1.165) is 12.2 Å². The molecule has 0 saturated carbocycles. The Kier molecular flexibility index (Phi) is 4.98. The molecule has 0 bridgehead atoms.